The molecule has 0 aliphatic carbocycles. The minimum Gasteiger partial charge on any atom is -0.481 e. The van der Waals surface area contributed by atoms with Crippen LogP contribution in [0.15, 0.2) is 30.5 Å². The number of aromatic nitrogens is 1. The quantitative estimate of drug-likeness (QED) is 0.0225. The first kappa shape index (κ1) is 90.8. The minimum atomic E-state index is -1.85. The van der Waals surface area contributed by atoms with E-state index in [2.05, 4.69) is 88.7 Å². The predicted octanol–water partition coefficient (Wildman–Crippen LogP) is -3.57. The Kier molecular flexibility index (Phi) is 37.5. The molecule has 0 spiro atoms. The third kappa shape index (κ3) is 28.5. The van der Waals surface area contributed by atoms with Gasteiger partial charge in [-0.25, -0.2) is 4.79 Å². The van der Waals surface area contributed by atoms with Crippen LogP contribution in [-0.4, -0.2) is 247 Å². The molecule has 2 aliphatic heterocycles. The monoisotopic (exact) mass is 1560 g/mol. The van der Waals surface area contributed by atoms with Crippen LogP contribution in [0, 0.1) is 17.8 Å². The lowest BCUT2D eigenvalue weighted by Crippen LogP contribution is -2.60. The third-order valence-corrected chi connectivity index (χ3v) is 19.0. The molecule has 37 nitrogen and oxygen atoms in total. The van der Waals surface area contributed by atoms with Crippen LogP contribution in [0.1, 0.15) is 144 Å². The number of para-hydroxylation sites is 1. The van der Waals surface area contributed by atoms with Crippen LogP contribution in [0.25, 0.3) is 10.9 Å². The fraction of sp³-hybridized carbons (Fsp3) is 0.638. The predicted molar refractivity (Wildman–Crippen MR) is 397 cm³/mol. The molecule has 0 radical (unpaired) electrons. The van der Waals surface area contributed by atoms with Gasteiger partial charge < -0.3 is 106 Å². The summed E-state index contributed by atoms with van der Waals surface area (Å²) < 4.78 is 0. The number of nitrogens with zero attached hydrogens (tertiary/aromatic N) is 2. The van der Waals surface area contributed by atoms with Gasteiger partial charge in [0.15, 0.2) is 0 Å². The summed E-state index contributed by atoms with van der Waals surface area (Å²) in [4.78, 5) is 235. The number of carboxylic acids is 3. The summed E-state index contributed by atoms with van der Waals surface area (Å²) in [6.45, 7) is 11.4. The molecule has 2 saturated heterocycles. The summed E-state index contributed by atoms with van der Waals surface area (Å²) in [6, 6.07) is -11.5. The van der Waals surface area contributed by atoms with Gasteiger partial charge in [0, 0.05) is 54.5 Å². The molecule has 4 rings (SSSR count). The number of aromatic amines is 1. The SMILES string of the molecule is CC[C@H](C)[C@H](NC(=O)[C@@H]1CCCN1C(=O)[C@H](CC(C)C)NC(=O)[C@@H]1CCCN1C(=O)[C@H](C)NC(=O)CNC(=O)[C@H](CC(N)=O)NC(=O)[C@H](Cc1c[nH]c2ccccc12)NC(=O)[C@H](CCC(=O)O)NC(=O)[C@H](CCCCN)NC(=O)[C@H](CC(C)C)NC(=O)[C@H](CS)NC(=O)[C@@H](N)CC(=O)O)C(=O)N[C@@H](CS)C(=O)O. The average Bonchev–Trinajstić information content (AvgIpc) is 1.61. The standard InChI is InChI=1S/C69H107N17O20S2/c1-8-36(6)56(66(102)83-49(33-108)69(105)106)84-65(101)51-19-14-24-86(51)68(104)47(26-35(4)5)81-64(100)50-18-13-23-85(50)67(103)37(7)75-53(88)31-74-58(94)46(29-52(72)87)80-62(98)45(27-38-30-73-41-16-10-9-15-39(38)41)79-60(96)43(20-21-54(89)90)77-59(95)42(17-11-12-22-70)76-61(97)44(25-34(2)3)78-63(99)48(32-107)82-57(93)40(71)28-55(91)92/h9-10,15-16,30,34-37,40,42-51,56,73,107-108H,8,11-14,17-29,31-33,70-71H2,1-7H3,(H2,72,87)(H,74,94)(H,75,88)(H,76,97)(H,77,95)(H,78,99)(H,79,96)(H,80,98)(H,81,100)(H,82,93)(H,83,102)(H,84,101)(H,89,90)(H,91,92)(H,105,106)/t36-,37-,40-,42-,43-,44-,45-,46-,47-,48-,49-,50-,51-,56-/m0/s1. The molecular formula is C69H107N17O20S2. The van der Waals surface area contributed by atoms with Crippen LogP contribution in [-0.2, 0) is 87.9 Å². The van der Waals surface area contributed by atoms with E-state index in [0.29, 0.717) is 42.1 Å². The Hall–Kier alpha value is -9.63. The van der Waals surface area contributed by atoms with Crippen LogP contribution in [0.4, 0.5) is 0 Å². The fourth-order valence-corrected chi connectivity index (χ4v) is 12.8. The van der Waals surface area contributed by atoms with Gasteiger partial charge in [-0.1, -0.05) is 66.2 Å². The molecule has 21 N–H and O–H groups in total. The Balaban J connectivity index is 1.51. The van der Waals surface area contributed by atoms with Gasteiger partial charge in [0.2, 0.25) is 82.7 Å². The molecule has 2 aliphatic rings. The number of carboxylic acid groups (broad SMARTS) is 3. The number of unbranched alkanes of at least 4 members (excludes halogenated alkanes) is 1. The molecule has 3 heterocycles. The van der Waals surface area contributed by atoms with Crippen LogP contribution < -0.4 is 75.7 Å². The molecule has 2 aromatic rings. The number of hydrogen-bond acceptors (Lipinski definition) is 21. The number of carbonyl (C=O) groups is 17. The summed E-state index contributed by atoms with van der Waals surface area (Å²) >= 11 is 8.14. The highest BCUT2D eigenvalue weighted by atomic mass is 32.1. The van der Waals surface area contributed by atoms with E-state index in [4.69, 9.17) is 22.3 Å². The van der Waals surface area contributed by atoms with E-state index in [9.17, 15) is 91.7 Å². The molecular weight excluding hydrogens is 1450 g/mol. The number of primary amides is 1. The smallest absolute Gasteiger partial charge is 0.327 e. The summed E-state index contributed by atoms with van der Waals surface area (Å²) in [6.07, 6.45) is 0.307. The van der Waals surface area contributed by atoms with Crippen molar-refractivity contribution >= 4 is 137 Å². The van der Waals surface area contributed by atoms with Gasteiger partial charge in [-0.05, 0) is 107 Å². The molecule has 0 unspecified atom stereocenters. The molecule has 2 fully saturated rings. The zero-order chi connectivity index (χ0) is 80.8. The van der Waals surface area contributed by atoms with E-state index in [1.807, 2.05) is 13.8 Å². The summed E-state index contributed by atoms with van der Waals surface area (Å²) in [5.74, 6) is -18.2. The number of aliphatic carboxylic acids is 3. The molecule has 14 atom stereocenters. The Morgan fingerprint density at radius 1 is 0.556 bits per heavy atom. The largest absolute Gasteiger partial charge is 0.481 e. The zero-order valence-corrected chi connectivity index (χ0v) is 63.6. The van der Waals surface area contributed by atoms with E-state index >= 15 is 0 Å². The van der Waals surface area contributed by atoms with Crippen molar-refractivity contribution in [3.63, 3.8) is 0 Å². The Morgan fingerprint density at radius 2 is 1.06 bits per heavy atom. The number of thiol groups is 2. The number of carbonyl (C=O) groups excluding carboxylic acids is 14. The Bertz CT molecular complexity index is 3550. The highest BCUT2D eigenvalue weighted by Gasteiger charge is 2.44. The number of rotatable bonds is 46. The number of fused-ring (bicyclic) bond motifs is 1. The molecule has 14 amide bonds. The average molecular weight is 1560 g/mol. The van der Waals surface area contributed by atoms with E-state index in [-0.39, 0.29) is 87.9 Å². The number of nitrogens with one attached hydrogen (secondary N) is 12. The first-order valence-electron chi connectivity index (χ1n) is 36.0. The van der Waals surface area contributed by atoms with Crippen LogP contribution >= 0.6 is 25.3 Å². The molecule has 1 aromatic carbocycles. The summed E-state index contributed by atoms with van der Waals surface area (Å²) in [5, 5.41) is 56.6. The van der Waals surface area contributed by atoms with Crippen molar-refractivity contribution in [1.82, 2.24) is 73.3 Å². The third-order valence-electron chi connectivity index (χ3n) is 18.3. The van der Waals surface area contributed by atoms with Gasteiger partial charge >= 0.3 is 17.9 Å². The van der Waals surface area contributed by atoms with Gasteiger partial charge in [-0.2, -0.15) is 25.3 Å². The Morgan fingerprint density at radius 3 is 1.62 bits per heavy atom. The molecule has 0 saturated carbocycles. The maximum Gasteiger partial charge on any atom is 0.327 e. The van der Waals surface area contributed by atoms with Gasteiger partial charge in [-0.3, -0.25) is 76.7 Å². The second-order valence-corrected chi connectivity index (χ2v) is 28.6. The fourth-order valence-electron chi connectivity index (χ4n) is 12.3. The maximum absolute atomic E-state index is 14.6. The Labute approximate surface area is 636 Å². The minimum absolute atomic E-state index is 0.0250. The molecule has 108 heavy (non-hydrogen) atoms. The van der Waals surface area contributed by atoms with Gasteiger partial charge in [0.25, 0.3) is 0 Å². The van der Waals surface area contributed by atoms with Gasteiger partial charge in [0.05, 0.1) is 25.4 Å². The number of H-pyrrole nitrogens is 1. The van der Waals surface area contributed by atoms with E-state index in [1.54, 1.807) is 52.0 Å². The second-order valence-electron chi connectivity index (χ2n) is 27.9. The number of amides is 14. The van der Waals surface area contributed by atoms with Crippen LogP contribution in [0.5, 0.6) is 0 Å². The van der Waals surface area contributed by atoms with Crippen LogP contribution in [0.3, 0.4) is 0 Å². The molecule has 600 valence electrons. The van der Waals surface area contributed by atoms with Crippen molar-refractivity contribution < 1.29 is 96.8 Å². The van der Waals surface area contributed by atoms with E-state index in [1.165, 1.54) is 22.9 Å². The number of likely N-dealkylation sites (tertiary alicyclic amines) is 2. The van der Waals surface area contributed by atoms with Crippen molar-refractivity contribution in [2.75, 3.05) is 37.7 Å². The topological polar surface area (TPSA) is 584 Å². The molecule has 1 aromatic heterocycles. The zero-order valence-electron chi connectivity index (χ0n) is 61.8. The first-order chi connectivity index (χ1) is 50.9. The highest BCUT2D eigenvalue weighted by Crippen LogP contribution is 2.25. The normalized spacial score (nSPS) is 17.5. The van der Waals surface area contributed by atoms with Crippen molar-refractivity contribution in [2.24, 2.45) is 35.0 Å². The maximum atomic E-state index is 14.6. The number of nitrogens with two attached hydrogens (primary N) is 3. The lowest BCUT2D eigenvalue weighted by Gasteiger charge is -2.33. The van der Waals surface area contributed by atoms with E-state index < -0.39 is 217 Å². The summed E-state index contributed by atoms with van der Waals surface area (Å²) in [7, 11) is 0. The molecule has 39 heteroatoms. The number of hydrogen-bond donors (Lipinski definition) is 20. The lowest BCUT2D eigenvalue weighted by molar-refractivity contribution is -0.145. The van der Waals surface area contributed by atoms with Crippen molar-refractivity contribution in [1.29, 1.82) is 0 Å². The number of benzene rings is 1. The van der Waals surface area contributed by atoms with Crippen molar-refractivity contribution in [2.45, 2.75) is 223 Å². The second kappa shape index (κ2) is 44.6. The lowest BCUT2D eigenvalue weighted by atomic mass is 9.97. The summed E-state index contributed by atoms with van der Waals surface area (Å²) in [5.41, 5.74) is 18.0. The highest BCUT2D eigenvalue weighted by molar-refractivity contribution is 7.80. The first-order valence-corrected chi connectivity index (χ1v) is 37.3. The van der Waals surface area contributed by atoms with Crippen LogP contribution in [0.2, 0.25) is 0 Å². The van der Waals surface area contributed by atoms with Crippen molar-refractivity contribution in [3.8, 4) is 0 Å². The van der Waals surface area contributed by atoms with Gasteiger partial charge in [0.1, 0.15) is 72.5 Å². The van der Waals surface area contributed by atoms with E-state index in [0.717, 1.165) is 0 Å². The van der Waals surface area contributed by atoms with Gasteiger partial charge in [-0.15, -0.1) is 0 Å². The molecule has 0 bridgehead atoms. The van der Waals surface area contributed by atoms with Crippen molar-refractivity contribution in [3.05, 3.63) is 36.0 Å².